The molecule has 2 N–H and O–H groups in total. The summed E-state index contributed by atoms with van der Waals surface area (Å²) in [5.74, 6) is 0. The highest BCUT2D eigenvalue weighted by Crippen LogP contribution is 2.29. The molecule has 1 aliphatic heterocycles. The van der Waals surface area contributed by atoms with Crippen LogP contribution in [0.15, 0.2) is 0 Å². The third-order valence-corrected chi connectivity index (χ3v) is 3.43. The van der Waals surface area contributed by atoms with Gasteiger partial charge in [-0.05, 0) is 40.3 Å². The van der Waals surface area contributed by atoms with E-state index in [1.165, 1.54) is 0 Å². The number of hydrogen-bond acceptors (Lipinski definition) is 2. The van der Waals surface area contributed by atoms with E-state index in [1.54, 1.807) is 0 Å². The third kappa shape index (κ3) is 2.08. The van der Waals surface area contributed by atoms with Crippen molar-refractivity contribution in [3.05, 3.63) is 0 Å². The summed E-state index contributed by atoms with van der Waals surface area (Å²) in [4.78, 5) is 2.38. The molecule has 2 unspecified atom stereocenters. The maximum Gasteiger partial charge on any atom is 0.292 e. The Balaban J connectivity index is 2.77. The van der Waals surface area contributed by atoms with Crippen LogP contribution in [0.1, 0.15) is 33.6 Å². The van der Waals surface area contributed by atoms with Gasteiger partial charge in [-0.1, -0.05) is 12.2 Å². The van der Waals surface area contributed by atoms with Crippen molar-refractivity contribution in [1.29, 1.82) is 0 Å². The number of nitrogens with zero attached hydrogens (tertiary/aromatic N) is 1. The highest BCUT2D eigenvalue weighted by Gasteiger charge is 2.42. The van der Waals surface area contributed by atoms with E-state index in [-0.39, 0.29) is 5.54 Å². The van der Waals surface area contributed by atoms with E-state index in [4.69, 9.17) is 5.26 Å². The summed E-state index contributed by atoms with van der Waals surface area (Å²) in [5, 5.41) is 10.9. The Hall–Kier alpha value is -0.590. The second kappa shape index (κ2) is 4.29. The molecule has 3 heteroatoms. The van der Waals surface area contributed by atoms with Crippen LogP contribution in [0, 0.1) is 6.07 Å². The predicted molar refractivity (Wildman–Crippen MR) is 57.2 cm³/mol. The van der Waals surface area contributed by atoms with Crippen LogP contribution in [-0.2, 0) is 0 Å². The Bertz CT molecular complexity index is 219. The molecule has 0 radical (unpaired) electrons. The molecule has 0 aromatic heterocycles. The van der Waals surface area contributed by atoms with Crippen LogP contribution >= 0.6 is 0 Å². The van der Waals surface area contributed by atoms with Gasteiger partial charge in [0.25, 0.3) is 6.07 Å². The normalized spacial score (nSPS) is 39.4. The quantitative estimate of drug-likeness (QED) is 0.631. The van der Waals surface area contributed by atoms with Crippen LogP contribution in [0.4, 0.5) is 0 Å². The molecule has 0 aromatic carbocycles. The molecule has 1 fully saturated rings. The van der Waals surface area contributed by atoms with E-state index in [0.717, 1.165) is 19.4 Å². The first-order valence-electron chi connectivity index (χ1n) is 5.45. The monoisotopic (exact) mass is 196 g/mol. The van der Waals surface area contributed by atoms with Gasteiger partial charge in [0.1, 0.15) is 0 Å². The highest BCUT2D eigenvalue weighted by atomic mass is 15.2. The van der Waals surface area contributed by atoms with Gasteiger partial charge < -0.3 is 4.90 Å². The van der Waals surface area contributed by atoms with Crippen molar-refractivity contribution in [3.8, 4) is 6.07 Å². The molecule has 2 atom stereocenters. The van der Waals surface area contributed by atoms with E-state index in [0.29, 0.717) is 12.1 Å². The molecular formula is C11H22N3+. The maximum atomic E-state index is 7.46. The minimum absolute atomic E-state index is 0.180. The summed E-state index contributed by atoms with van der Waals surface area (Å²) in [6.45, 7) is 7.44. The van der Waals surface area contributed by atoms with Crippen LogP contribution in [0.2, 0.25) is 0 Å². The Kier molecular flexibility index (Phi) is 3.52. The summed E-state index contributed by atoms with van der Waals surface area (Å²) < 4.78 is 0. The van der Waals surface area contributed by atoms with E-state index in [1.807, 2.05) is 0 Å². The van der Waals surface area contributed by atoms with Gasteiger partial charge in [-0.25, -0.2) is 0 Å². The zero-order valence-electron chi connectivity index (χ0n) is 9.72. The minimum atomic E-state index is -0.180. The fraction of sp³-hybridized carbons (Fsp3) is 0.909. The largest absolute Gasteiger partial charge is 0.301 e. The van der Waals surface area contributed by atoms with Crippen molar-refractivity contribution < 1.29 is 5.26 Å². The van der Waals surface area contributed by atoms with Gasteiger partial charge >= 0.3 is 0 Å². The maximum absolute atomic E-state index is 7.46. The molecule has 0 aromatic rings. The average molecular weight is 196 g/mol. The number of piperidine rings is 1. The number of likely N-dealkylation sites (tertiary alicyclic amines) is 1. The molecule has 14 heavy (non-hydrogen) atoms. The van der Waals surface area contributed by atoms with Crippen molar-refractivity contribution >= 4 is 0 Å². The lowest BCUT2D eigenvalue weighted by molar-refractivity contribution is -0.106. The van der Waals surface area contributed by atoms with Crippen LogP contribution < -0.4 is 10.6 Å². The first-order valence-corrected chi connectivity index (χ1v) is 5.45. The van der Waals surface area contributed by atoms with Gasteiger partial charge in [0.05, 0.1) is 0 Å². The Labute approximate surface area is 87.1 Å². The van der Waals surface area contributed by atoms with E-state index in [2.05, 4.69) is 44.1 Å². The van der Waals surface area contributed by atoms with E-state index in [9.17, 15) is 0 Å². The first-order chi connectivity index (χ1) is 6.54. The summed E-state index contributed by atoms with van der Waals surface area (Å²) in [5.41, 5.74) is -0.180. The van der Waals surface area contributed by atoms with Crippen molar-refractivity contribution in [2.75, 3.05) is 13.6 Å². The number of hydrogen-bond donors (Lipinski definition) is 2. The number of rotatable bonds is 2. The molecule has 0 amide bonds. The van der Waals surface area contributed by atoms with Gasteiger partial charge in [-0.3, -0.25) is 5.32 Å². The van der Waals surface area contributed by atoms with Crippen molar-refractivity contribution in [3.63, 3.8) is 0 Å². The van der Waals surface area contributed by atoms with Crippen LogP contribution in [0.3, 0.4) is 0 Å². The third-order valence-electron chi connectivity index (χ3n) is 3.43. The topological polar surface area (TPSA) is 39.1 Å². The molecule has 0 saturated carbocycles. The Morgan fingerprint density at radius 2 is 1.93 bits per heavy atom. The van der Waals surface area contributed by atoms with Crippen LogP contribution in [0.25, 0.3) is 0 Å². The lowest BCUT2D eigenvalue weighted by atomic mass is 9.81. The van der Waals surface area contributed by atoms with Gasteiger partial charge in [0, 0.05) is 12.1 Å². The van der Waals surface area contributed by atoms with Crippen LogP contribution in [-0.4, -0.2) is 36.1 Å². The summed E-state index contributed by atoms with van der Waals surface area (Å²) in [7, 11) is 2.16. The fourth-order valence-electron chi connectivity index (χ4n) is 2.44. The standard InChI is InChI=1S/C11H21N3/c1-5-13-11(8-12)6-9(2)14(4)10(3)7-11/h9-10,13H,5-7H2,1-4H3/p+1. The molecule has 3 nitrogen and oxygen atoms in total. The summed E-state index contributed by atoms with van der Waals surface area (Å²) >= 11 is 0. The lowest BCUT2D eigenvalue weighted by Crippen LogP contribution is -2.59. The van der Waals surface area contributed by atoms with E-state index >= 15 is 0 Å². The molecule has 1 heterocycles. The molecule has 1 rings (SSSR count). The molecular weight excluding hydrogens is 174 g/mol. The Morgan fingerprint density at radius 3 is 2.29 bits per heavy atom. The van der Waals surface area contributed by atoms with Gasteiger partial charge in [-0.2, -0.15) is 0 Å². The summed E-state index contributed by atoms with van der Waals surface area (Å²) in [6, 6.07) is 3.76. The Morgan fingerprint density at radius 1 is 1.43 bits per heavy atom. The van der Waals surface area contributed by atoms with Crippen molar-refractivity contribution in [1.82, 2.24) is 10.2 Å². The highest BCUT2D eigenvalue weighted by molar-refractivity contribution is 5.11. The smallest absolute Gasteiger partial charge is 0.292 e. The fourth-order valence-corrected chi connectivity index (χ4v) is 2.44. The molecule has 1 aliphatic rings. The van der Waals surface area contributed by atoms with E-state index < -0.39 is 0 Å². The summed E-state index contributed by atoms with van der Waals surface area (Å²) in [6.07, 6.45) is 1.98. The molecule has 0 spiro atoms. The predicted octanol–water partition coefficient (Wildman–Crippen LogP) is -0.390. The van der Waals surface area contributed by atoms with Gasteiger partial charge in [0.15, 0.2) is 5.54 Å². The SMILES string of the molecule is CCNC1(C#[NH+])CC(C)N(C)C(C)C1. The molecule has 0 bridgehead atoms. The van der Waals surface area contributed by atoms with Crippen LogP contribution in [0.5, 0.6) is 0 Å². The lowest BCUT2D eigenvalue weighted by Gasteiger charge is -2.43. The second-order valence-electron chi connectivity index (χ2n) is 4.51. The van der Waals surface area contributed by atoms with Gasteiger partial charge in [-0.15, -0.1) is 0 Å². The molecule has 80 valence electrons. The zero-order chi connectivity index (χ0) is 10.8. The van der Waals surface area contributed by atoms with Gasteiger partial charge in [0.2, 0.25) is 0 Å². The molecule has 1 saturated heterocycles. The average Bonchev–Trinajstić information content (AvgIpc) is 2.15. The zero-order valence-corrected chi connectivity index (χ0v) is 9.72. The second-order valence-corrected chi connectivity index (χ2v) is 4.51. The first kappa shape index (κ1) is 11.5. The van der Waals surface area contributed by atoms with Crippen molar-refractivity contribution in [2.24, 2.45) is 0 Å². The minimum Gasteiger partial charge on any atom is -0.301 e. The number of nitrogens with one attached hydrogen (secondary N) is 2. The van der Waals surface area contributed by atoms with Crippen molar-refractivity contribution in [2.45, 2.75) is 51.2 Å². The molecule has 0 aliphatic carbocycles.